The highest BCUT2D eigenvalue weighted by molar-refractivity contribution is 5.83. The number of amides is 1. The van der Waals surface area contributed by atoms with Crippen LogP contribution >= 0.6 is 0 Å². The molecule has 0 atom stereocenters. The summed E-state index contributed by atoms with van der Waals surface area (Å²) in [4.78, 5) is 14.8. The van der Waals surface area contributed by atoms with Crippen molar-refractivity contribution >= 4 is 5.91 Å². The third-order valence-electron chi connectivity index (χ3n) is 5.21. The van der Waals surface area contributed by atoms with Crippen LogP contribution in [0.2, 0.25) is 0 Å². The first kappa shape index (κ1) is 14.5. The minimum atomic E-state index is -0.415. The highest BCUT2D eigenvalue weighted by Crippen LogP contribution is 2.39. The van der Waals surface area contributed by atoms with Crippen LogP contribution in [-0.2, 0) is 17.9 Å². The maximum absolute atomic E-state index is 12.9. The van der Waals surface area contributed by atoms with Gasteiger partial charge in [0.05, 0.1) is 12.0 Å². The van der Waals surface area contributed by atoms with Crippen molar-refractivity contribution < 1.29 is 4.79 Å². The molecule has 0 spiro atoms. The van der Waals surface area contributed by atoms with Crippen molar-refractivity contribution in [1.29, 1.82) is 0 Å². The normalized spacial score (nSPS) is 18.7. The molecule has 1 fully saturated rings. The van der Waals surface area contributed by atoms with Crippen LogP contribution in [-0.4, -0.2) is 38.7 Å². The first-order valence-electron chi connectivity index (χ1n) is 8.06. The maximum atomic E-state index is 12.9. The van der Waals surface area contributed by atoms with E-state index in [2.05, 4.69) is 14.8 Å². The summed E-state index contributed by atoms with van der Waals surface area (Å²) in [7, 11) is 0. The number of carbonyl (C=O) groups excluding carboxylic acids is 1. The molecular formula is C15H25N5O. The predicted octanol–water partition coefficient (Wildman–Crippen LogP) is 1.26. The number of aromatic nitrogens is 3. The van der Waals surface area contributed by atoms with Crippen molar-refractivity contribution in [1.82, 2.24) is 19.7 Å². The SMILES string of the molecule is CCC(CC)(CN)C(=O)N1CCn2c(nnc2C2CC2)C1. The van der Waals surface area contributed by atoms with Gasteiger partial charge in [-0.05, 0) is 25.7 Å². The van der Waals surface area contributed by atoms with Crippen LogP contribution in [0.1, 0.15) is 57.1 Å². The number of carbonyl (C=O) groups is 1. The smallest absolute Gasteiger partial charge is 0.230 e. The van der Waals surface area contributed by atoms with Gasteiger partial charge in [-0.1, -0.05) is 13.8 Å². The molecule has 2 aliphatic rings. The van der Waals surface area contributed by atoms with Gasteiger partial charge >= 0.3 is 0 Å². The lowest BCUT2D eigenvalue weighted by molar-refractivity contribution is -0.143. The Bertz CT molecular complexity index is 522. The van der Waals surface area contributed by atoms with Crippen LogP contribution in [0.5, 0.6) is 0 Å². The van der Waals surface area contributed by atoms with Crippen LogP contribution in [0.25, 0.3) is 0 Å². The van der Waals surface area contributed by atoms with Gasteiger partial charge in [-0.15, -0.1) is 10.2 Å². The van der Waals surface area contributed by atoms with E-state index in [0.717, 1.165) is 37.6 Å². The highest BCUT2D eigenvalue weighted by Gasteiger charge is 2.39. The van der Waals surface area contributed by atoms with Crippen molar-refractivity contribution in [3.63, 3.8) is 0 Å². The van der Waals surface area contributed by atoms with Gasteiger partial charge in [0, 0.05) is 25.6 Å². The number of nitrogens with two attached hydrogens (primary N) is 1. The lowest BCUT2D eigenvalue weighted by Gasteiger charge is -2.37. The number of rotatable bonds is 5. The summed E-state index contributed by atoms with van der Waals surface area (Å²) in [6, 6.07) is 0. The van der Waals surface area contributed by atoms with Crippen LogP contribution in [0.3, 0.4) is 0 Å². The fraction of sp³-hybridized carbons (Fsp3) is 0.800. The van der Waals surface area contributed by atoms with Crippen molar-refractivity contribution in [2.75, 3.05) is 13.1 Å². The summed E-state index contributed by atoms with van der Waals surface area (Å²) in [5, 5.41) is 8.62. The van der Waals surface area contributed by atoms with Crippen LogP contribution in [0.15, 0.2) is 0 Å². The van der Waals surface area contributed by atoms with E-state index in [1.165, 1.54) is 12.8 Å². The van der Waals surface area contributed by atoms with Gasteiger partial charge in [0.15, 0.2) is 5.82 Å². The molecule has 1 aliphatic heterocycles. The molecule has 2 N–H and O–H groups in total. The topological polar surface area (TPSA) is 77.0 Å². The lowest BCUT2D eigenvalue weighted by Crippen LogP contribution is -2.50. The monoisotopic (exact) mass is 291 g/mol. The van der Waals surface area contributed by atoms with E-state index in [4.69, 9.17) is 5.73 Å². The average Bonchev–Trinajstić information content (AvgIpc) is 3.28. The third kappa shape index (κ3) is 2.35. The Hall–Kier alpha value is -1.43. The Balaban J connectivity index is 1.78. The fourth-order valence-electron chi connectivity index (χ4n) is 3.26. The second-order valence-corrected chi connectivity index (χ2v) is 6.32. The molecule has 0 unspecified atom stereocenters. The molecule has 0 aromatic carbocycles. The summed E-state index contributed by atoms with van der Waals surface area (Å²) < 4.78 is 2.21. The minimum Gasteiger partial charge on any atom is -0.333 e. The predicted molar refractivity (Wildman–Crippen MR) is 79.5 cm³/mol. The van der Waals surface area contributed by atoms with E-state index >= 15 is 0 Å². The summed E-state index contributed by atoms with van der Waals surface area (Å²) in [6.45, 7) is 6.63. The first-order valence-corrected chi connectivity index (χ1v) is 8.06. The molecular weight excluding hydrogens is 266 g/mol. The zero-order valence-electron chi connectivity index (χ0n) is 13.0. The quantitative estimate of drug-likeness (QED) is 0.886. The number of nitrogens with zero attached hydrogens (tertiary/aromatic N) is 4. The van der Waals surface area contributed by atoms with Gasteiger partial charge in [0.2, 0.25) is 5.91 Å². The maximum Gasteiger partial charge on any atom is 0.230 e. The zero-order valence-corrected chi connectivity index (χ0v) is 13.0. The second-order valence-electron chi connectivity index (χ2n) is 6.32. The van der Waals surface area contributed by atoms with E-state index in [0.29, 0.717) is 19.0 Å². The van der Waals surface area contributed by atoms with Crippen LogP contribution in [0, 0.1) is 5.41 Å². The van der Waals surface area contributed by atoms with Crippen molar-refractivity contribution in [3.05, 3.63) is 11.6 Å². The summed E-state index contributed by atoms with van der Waals surface area (Å²) in [5.74, 6) is 2.82. The third-order valence-corrected chi connectivity index (χ3v) is 5.21. The molecule has 116 valence electrons. The van der Waals surface area contributed by atoms with E-state index in [-0.39, 0.29) is 5.91 Å². The van der Waals surface area contributed by atoms with Crippen molar-refractivity contribution in [2.24, 2.45) is 11.1 Å². The molecule has 0 bridgehead atoms. The van der Waals surface area contributed by atoms with E-state index in [1.54, 1.807) is 0 Å². The van der Waals surface area contributed by atoms with Crippen molar-refractivity contribution in [3.8, 4) is 0 Å². The first-order chi connectivity index (χ1) is 10.1. The molecule has 2 heterocycles. The molecule has 6 heteroatoms. The summed E-state index contributed by atoms with van der Waals surface area (Å²) in [6.07, 6.45) is 4.02. The Morgan fingerprint density at radius 1 is 1.29 bits per heavy atom. The highest BCUT2D eigenvalue weighted by atomic mass is 16.2. The van der Waals surface area contributed by atoms with Crippen molar-refractivity contribution in [2.45, 2.75) is 58.5 Å². The molecule has 1 saturated carbocycles. The van der Waals surface area contributed by atoms with E-state index in [9.17, 15) is 4.79 Å². The molecule has 6 nitrogen and oxygen atoms in total. The molecule has 0 saturated heterocycles. The Kier molecular flexibility index (Phi) is 3.73. The Morgan fingerprint density at radius 3 is 2.57 bits per heavy atom. The van der Waals surface area contributed by atoms with Crippen LogP contribution in [0.4, 0.5) is 0 Å². The molecule has 3 rings (SSSR count). The Labute approximate surface area is 125 Å². The van der Waals surface area contributed by atoms with Gasteiger partial charge in [0.25, 0.3) is 0 Å². The molecule has 1 aromatic heterocycles. The van der Waals surface area contributed by atoms with E-state index in [1.807, 2.05) is 18.7 Å². The van der Waals surface area contributed by atoms with Gasteiger partial charge in [-0.2, -0.15) is 0 Å². The molecule has 21 heavy (non-hydrogen) atoms. The number of hydrogen-bond acceptors (Lipinski definition) is 4. The summed E-state index contributed by atoms with van der Waals surface area (Å²) >= 11 is 0. The van der Waals surface area contributed by atoms with Gasteiger partial charge in [-0.3, -0.25) is 4.79 Å². The minimum absolute atomic E-state index is 0.178. The zero-order chi connectivity index (χ0) is 15.0. The van der Waals surface area contributed by atoms with Gasteiger partial charge in [-0.25, -0.2) is 0 Å². The number of fused-ring (bicyclic) bond motifs is 1. The van der Waals surface area contributed by atoms with Gasteiger partial charge in [0.1, 0.15) is 5.82 Å². The fourth-order valence-corrected chi connectivity index (χ4v) is 3.26. The molecule has 1 amide bonds. The van der Waals surface area contributed by atoms with Gasteiger partial charge < -0.3 is 15.2 Å². The lowest BCUT2D eigenvalue weighted by atomic mass is 9.81. The average molecular weight is 291 g/mol. The number of hydrogen-bond donors (Lipinski definition) is 1. The molecule has 1 aromatic rings. The van der Waals surface area contributed by atoms with Crippen LogP contribution < -0.4 is 5.73 Å². The largest absolute Gasteiger partial charge is 0.333 e. The van der Waals surface area contributed by atoms with E-state index < -0.39 is 5.41 Å². The standard InChI is InChI=1S/C15H25N5O/c1-3-15(4-2,10-16)14(21)19-7-8-20-12(9-19)17-18-13(20)11-5-6-11/h11H,3-10,16H2,1-2H3. The Morgan fingerprint density at radius 2 is 2.00 bits per heavy atom. The molecule has 0 radical (unpaired) electrons. The molecule has 1 aliphatic carbocycles. The summed E-state index contributed by atoms with van der Waals surface area (Å²) in [5.41, 5.74) is 5.49. The second kappa shape index (κ2) is 5.40.